The number of hydrogen-bond acceptors (Lipinski definition) is 5. The monoisotopic (exact) mass is 431 g/mol. The van der Waals surface area contributed by atoms with Gasteiger partial charge in [0.2, 0.25) is 0 Å². The van der Waals surface area contributed by atoms with Gasteiger partial charge in [0.05, 0.1) is 5.69 Å². The molecule has 0 spiro atoms. The molecule has 0 bridgehead atoms. The zero-order valence-corrected chi connectivity index (χ0v) is 18.7. The molecule has 0 radical (unpaired) electrons. The Morgan fingerprint density at radius 1 is 1.17 bits per heavy atom. The van der Waals surface area contributed by atoms with E-state index in [1.165, 1.54) is 10.4 Å². The Hall–Kier alpha value is -2.15. The average Bonchev–Trinajstić information content (AvgIpc) is 2.98. The maximum atomic E-state index is 13.8. The molecule has 162 valence electrons. The molecule has 5 nitrogen and oxygen atoms in total. The maximum Gasteiger partial charge on any atom is 0.407 e. The fourth-order valence-corrected chi connectivity index (χ4v) is 5.35. The van der Waals surface area contributed by atoms with E-state index < -0.39 is 5.60 Å². The van der Waals surface area contributed by atoms with Crippen LogP contribution >= 0.6 is 11.3 Å². The molecule has 0 unspecified atom stereocenters. The van der Waals surface area contributed by atoms with Gasteiger partial charge in [-0.25, -0.2) is 14.2 Å². The molecule has 1 aromatic carbocycles. The van der Waals surface area contributed by atoms with Crippen LogP contribution in [0.3, 0.4) is 0 Å². The molecule has 2 aliphatic carbocycles. The fraction of sp³-hybridized carbons (Fsp3) is 0.565. The maximum absolute atomic E-state index is 13.8. The average molecular weight is 432 g/mol. The van der Waals surface area contributed by atoms with E-state index in [9.17, 15) is 9.18 Å². The molecule has 4 rings (SSSR count). The molecule has 7 heteroatoms. The van der Waals surface area contributed by atoms with Crippen molar-refractivity contribution in [2.45, 2.75) is 83.4 Å². The second-order valence-corrected chi connectivity index (χ2v) is 10.4. The van der Waals surface area contributed by atoms with Crippen molar-refractivity contribution in [3.05, 3.63) is 34.5 Å². The quantitative estimate of drug-likeness (QED) is 0.656. The van der Waals surface area contributed by atoms with Crippen molar-refractivity contribution >= 4 is 22.6 Å². The normalized spacial score (nSPS) is 21.2. The van der Waals surface area contributed by atoms with E-state index in [2.05, 4.69) is 10.6 Å². The number of hydrogen-bond donors (Lipinski definition) is 2. The molecule has 2 aromatic rings. The summed E-state index contributed by atoms with van der Waals surface area (Å²) >= 11 is 1.70. The molecule has 1 fully saturated rings. The predicted molar refractivity (Wildman–Crippen MR) is 119 cm³/mol. The summed E-state index contributed by atoms with van der Waals surface area (Å²) in [7, 11) is 0. The van der Waals surface area contributed by atoms with E-state index in [1.807, 2.05) is 26.8 Å². The number of thiazole rings is 1. The molecule has 1 heterocycles. The lowest BCUT2D eigenvalue weighted by atomic mass is 9.91. The summed E-state index contributed by atoms with van der Waals surface area (Å²) in [5.74, 6) is -0.208. The number of aromatic nitrogens is 1. The van der Waals surface area contributed by atoms with E-state index in [1.54, 1.807) is 23.5 Å². The number of nitrogens with one attached hydrogen (secondary N) is 2. The van der Waals surface area contributed by atoms with Crippen molar-refractivity contribution in [1.29, 1.82) is 0 Å². The van der Waals surface area contributed by atoms with E-state index in [4.69, 9.17) is 9.72 Å². The van der Waals surface area contributed by atoms with Crippen LogP contribution in [0.25, 0.3) is 11.3 Å². The van der Waals surface area contributed by atoms with Gasteiger partial charge in [-0.2, -0.15) is 0 Å². The standard InChI is InChI=1S/C23H30FN3O2S/c1-23(2,3)29-22(28)26-17-11-9-16(10-12-17)25-21-27-20-18-13-15(24)8-7-14(18)5-4-6-19(20)30-21/h7-8,13,16-17H,4-6,9-12H2,1-3H3,(H,25,27)(H,26,28). The minimum Gasteiger partial charge on any atom is -0.444 e. The number of carbonyl (C=O) groups excluding carboxylic acids is 1. The third kappa shape index (κ3) is 5.12. The minimum absolute atomic E-state index is 0.153. The number of ether oxygens (including phenoxy) is 1. The molecular weight excluding hydrogens is 401 g/mol. The first kappa shape index (κ1) is 21.1. The highest BCUT2D eigenvalue weighted by Crippen LogP contribution is 2.38. The van der Waals surface area contributed by atoms with E-state index in [0.717, 1.165) is 61.3 Å². The summed E-state index contributed by atoms with van der Waals surface area (Å²) in [6.45, 7) is 5.61. The third-order valence-electron chi connectivity index (χ3n) is 5.65. The van der Waals surface area contributed by atoms with Crippen LogP contribution in [-0.4, -0.2) is 28.8 Å². The van der Waals surface area contributed by atoms with E-state index in [-0.39, 0.29) is 18.0 Å². The van der Waals surface area contributed by atoms with Gasteiger partial charge in [-0.3, -0.25) is 0 Å². The number of rotatable bonds is 3. The fourth-order valence-electron chi connectivity index (χ4n) is 4.25. The number of carbonyl (C=O) groups is 1. The van der Waals surface area contributed by atoms with Gasteiger partial charge in [0.15, 0.2) is 5.13 Å². The number of fused-ring (bicyclic) bond motifs is 3. The lowest BCUT2D eigenvalue weighted by Crippen LogP contribution is -2.42. The topological polar surface area (TPSA) is 63.2 Å². The van der Waals surface area contributed by atoms with E-state index >= 15 is 0 Å². The van der Waals surface area contributed by atoms with Crippen LogP contribution in [0.15, 0.2) is 18.2 Å². The summed E-state index contributed by atoms with van der Waals surface area (Å²) in [6, 6.07) is 5.55. The molecule has 30 heavy (non-hydrogen) atoms. The number of nitrogens with zero attached hydrogens (tertiary/aromatic N) is 1. The molecule has 1 aromatic heterocycles. The lowest BCUT2D eigenvalue weighted by Gasteiger charge is -2.30. The summed E-state index contributed by atoms with van der Waals surface area (Å²) in [6.07, 6.45) is 6.44. The molecule has 2 N–H and O–H groups in total. The Kier molecular flexibility index (Phi) is 6.00. The lowest BCUT2D eigenvalue weighted by molar-refractivity contribution is 0.0492. The molecular formula is C23H30FN3O2S. The van der Waals surface area contributed by atoms with Gasteiger partial charge >= 0.3 is 6.09 Å². The molecule has 2 aliphatic rings. The molecule has 0 aliphatic heterocycles. The highest BCUT2D eigenvalue weighted by atomic mass is 32.1. The third-order valence-corrected chi connectivity index (χ3v) is 6.70. The Labute approximate surface area is 181 Å². The Morgan fingerprint density at radius 2 is 1.90 bits per heavy atom. The summed E-state index contributed by atoms with van der Waals surface area (Å²) in [4.78, 5) is 18.1. The van der Waals surface area contributed by atoms with Gasteiger partial charge in [0.25, 0.3) is 0 Å². The van der Waals surface area contributed by atoms with Crippen molar-refractivity contribution in [3.63, 3.8) is 0 Å². The molecule has 0 saturated heterocycles. The van der Waals surface area contributed by atoms with Crippen molar-refractivity contribution in [2.24, 2.45) is 0 Å². The second kappa shape index (κ2) is 8.53. The molecule has 0 atom stereocenters. The number of anilines is 1. The highest BCUT2D eigenvalue weighted by Gasteiger charge is 2.26. The van der Waals surface area contributed by atoms with E-state index in [0.29, 0.717) is 6.04 Å². The van der Waals surface area contributed by atoms with Crippen LogP contribution in [0.5, 0.6) is 0 Å². The Morgan fingerprint density at radius 3 is 2.63 bits per heavy atom. The van der Waals surface area contributed by atoms with Crippen LogP contribution in [0.2, 0.25) is 0 Å². The van der Waals surface area contributed by atoms with Gasteiger partial charge in [0, 0.05) is 22.5 Å². The SMILES string of the molecule is CC(C)(C)OC(=O)NC1CCC(Nc2nc3c(s2)CCCc2ccc(F)cc2-3)CC1. The van der Waals surface area contributed by atoms with Gasteiger partial charge < -0.3 is 15.4 Å². The summed E-state index contributed by atoms with van der Waals surface area (Å²) < 4.78 is 19.2. The molecule has 1 saturated carbocycles. The van der Waals surface area contributed by atoms with Crippen molar-refractivity contribution in [3.8, 4) is 11.3 Å². The number of alkyl carbamates (subject to hydrolysis) is 1. The highest BCUT2D eigenvalue weighted by molar-refractivity contribution is 7.16. The first-order valence-corrected chi connectivity index (χ1v) is 11.6. The predicted octanol–water partition coefficient (Wildman–Crippen LogP) is 5.69. The van der Waals surface area contributed by atoms with Crippen molar-refractivity contribution < 1.29 is 13.9 Å². The van der Waals surface area contributed by atoms with Crippen LogP contribution in [0.1, 0.15) is 63.3 Å². The minimum atomic E-state index is -0.479. The van der Waals surface area contributed by atoms with Gasteiger partial charge in [-0.15, -0.1) is 11.3 Å². The largest absolute Gasteiger partial charge is 0.444 e. The first-order chi connectivity index (χ1) is 14.3. The zero-order chi connectivity index (χ0) is 21.3. The van der Waals surface area contributed by atoms with Gasteiger partial charge in [-0.1, -0.05) is 6.07 Å². The van der Waals surface area contributed by atoms with Crippen molar-refractivity contribution in [1.82, 2.24) is 10.3 Å². The van der Waals surface area contributed by atoms with Crippen molar-refractivity contribution in [2.75, 3.05) is 5.32 Å². The molecule has 1 amide bonds. The van der Waals surface area contributed by atoms with Crippen LogP contribution < -0.4 is 10.6 Å². The number of benzene rings is 1. The van der Waals surface area contributed by atoms with Gasteiger partial charge in [-0.05, 0) is 83.4 Å². The van der Waals surface area contributed by atoms with Crippen LogP contribution in [0.4, 0.5) is 14.3 Å². The van der Waals surface area contributed by atoms with Crippen LogP contribution in [0, 0.1) is 5.82 Å². The Bertz CT molecular complexity index is 914. The Balaban J connectivity index is 1.36. The van der Waals surface area contributed by atoms with Gasteiger partial charge in [0.1, 0.15) is 11.4 Å². The smallest absolute Gasteiger partial charge is 0.407 e. The second-order valence-electron chi connectivity index (χ2n) is 9.28. The number of halogens is 1. The number of aryl methyl sites for hydroxylation is 2. The zero-order valence-electron chi connectivity index (χ0n) is 17.9. The van der Waals surface area contributed by atoms with Crippen LogP contribution in [-0.2, 0) is 17.6 Å². The summed E-state index contributed by atoms with van der Waals surface area (Å²) in [5, 5.41) is 7.49. The number of amides is 1. The summed E-state index contributed by atoms with van der Waals surface area (Å²) in [5.41, 5.74) is 2.58. The first-order valence-electron chi connectivity index (χ1n) is 10.8.